The summed E-state index contributed by atoms with van der Waals surface area (Å²) < 4.78 is 11.2. The van der Waals surface area contributed by atoms with Crippen LogP contribution in [0.3, 0.4) is 0 Å². The maximum absolute atomic E-state index is 12.7. The van der Waals surface area contributed by atoms with Gasteiger partial charge in [-0.15, -0.1) is 0 Å². The Balaban J connectivity index is 1.19. The van der Waals surface area contributed by atoms with Crippen LogP contribution in [0.1, 0.15) is 22.2 Å². The number of ether oxygens (including phenoxy) is 1. The third-order valence-corrected chi connectivity index (χ3v) is 4.96. The van der Waals surface area contributed by atoms with Crippen LogP contribution in [0, 0.1) is 0 Å². The zero-order valence-corrected chi connectivity index (χ0v) is 16.0. The van der Waals surface area contributed by atoms with Crippen LogP contribution < -0.4 is 4.74 Å². The van der Waals surface area contributed by atoms with Crippen LogP contribution in [-0.4, -0.2) is 39.0 Å². The van der Waals surface area contributed by atoms with Gasteiger partial charge in [0.2, 0.25) is 11.7 Å². The van der Waals surface area contributed by atoms with Crippen molar-refractivity contribution < 1.29 is 14.1 Å². The second-order valence-corrected chi connectivity index (χ2v) is 7.04. The molecule has 0 aliphatic carbocycles. The Morgan fingerprint density at radius 2 is 1.73 bits per heavy atom. The van der Waals surface area contributed by atoms with Gasteiger partial charge in [0, 0.05) is 36.6 Å². The third-order valence-electron chi connectivity index (χ3n) is 4.96. The number of hydrogen-bond acceptors (Lipinski definition) is 6. The molecular formula is C23H18N4O3. The molecule has 2 aromatic heterocycles. The second kappa shape index (κ2) is 7.79. The van der Waals surface area contributed by atoms with E-state index in [0.717, 1.165) is 11.3 Å². The number of likely N-dealkylation sites (tertiary alicyclic amines) is 1. The fourth-order valence-corrected chi connectivity index (χ4v) is 3.29. The summed E-state index contributed by atoms with van der Waals surface area (Å²) in [6, 6.07) is 20.4. The van der Waals surface area contributed by atoms with Crippen molar-refractivity contribution in [2.75, 3.05) is 13.1 Å². The minimum Gasteiger partial charge on any atom is -0.457 e. The first-order valence-electron chi connectivity index (χ1n) is 9.62. The molecule has 1 fully saturated rings. The lowest BCUT2D eigenvalue weighted by Gasteiger charge is -2.37. The fraction of sp³-hybridized carbons (Fsp3) is 0.130. The summed E-state index contributed by atoms with van der Waals surface area (Å²) in [5.74, 6) is 2.53. The zero-order valence-electron chi connectivity index (χ0n) is 16.0. The molecule has 5 rings (SSSR count). The maximum atomic E-state index is 12.7. The number of carbonyl (C=O) groups excluding carboxylic acids is 1. The van der Waals surface area contributed by atoms with Gasteiger partial charge in [0.1, 0.15) is 11.5 Å². The van der Waals surface area contributed by atoms with Crippen LogP contribution in [0.5, 0.6) is 11.5 Å². The van der Waals surface area contributed by atoms with Crippen molar-refractivity contribution in [1.82, 2.24) is 20.0 Å². The Morgan fingerprint density at radius 1 is 0.967 bits per heavy atom. The number of amides is 1. The molecule has 1 aliphatic rings. The minimum absolute atomic E-state index is 0.0236. The predicted molar refractivity (Wildman–Crippen MR) is 109 cm³/mol. The fourth-order valence-electron chi connectivity index (χ4n) is 3.29. The van der Waals surface area contributed by atoms with Crippen molar-refractivity contribution in [2.45, 2.75) is 5.92 Å². The number of para-hydroxylation sites is 1. The van der Waals surface area contributed by atoms with E-state index < -0.39 is 0 Å². The molecule has 1 aliphatic heterocycles. The molecular weight excluding hydrogens is 380 g/mol. The van der Waals surface area contributed by atoms with Crippen LogP contribution in [0.2, 0.25) is 0 Å². The van der Waals surface area contributed by atoms with Crippen LogP contribution >= 0.6 is 0 Å². The molecule has 2 aromatic carbocycles. The smallest absolute Gasteiger partial charge is 0.253 e. The van der Waals surface area contributed by atoms with Gasteiger partial charge in [-0.2, -0.15) is 4.98 Å². The van der Waals surface area contributed by atoms with E-state index in [9.17, 15) is 4.79 Å². The van der Waals surface area contributed by atoms with E-state index in [1.165, 1.54) is 0 Å². The molecule has 0 N–H and O–H groups in total. The first kappa shape index (κ1) is 18.1. The van der Waals surface area contributed by atoms with Crippen molar-refractivity contribution in [3.8, 4) is 22.9 Å². The Bertz CT molecular complexity index is 1140. The molecule has 7 nitrogen and oxygen atoms in total. The van der Waals surface area contributed by atoms with Crippen LogP contribution in [-0.2, 0) is 0 Å². The van der Waals surface area contributed by atoms with Gasteiger partial charge in [0.15, 0.2) is 0 Å². The monoisotopic (exact) mass is 398 g/mol. The molecule has 0 bridgehead atoms. The summed E-state index contributed by atoms with van der Waals surface area (Å²) >= 11 is 0. The van der Waals surface area contributed by atoms with E-state index in [4.69, 9.17) is 9.26 Å². The van der Waals surface area contributed by atoms with E-state index in [-0.39, 0.29) is 11.8 Å². The summed E-state index contributed by atoms with van der Waals surface area (Å²) in [6.45, 7) is 1.10. The van der Waals surface area contributed by atoms with E-state index >= 15 is 0 Å². The molecule has 0 radical (unpaired) electrons. The minimum atomic E-state index is -0.0236. The molecule has 0 atom stereocenters. The van der Waals surface area contributed by atoms with Crippen molar-refractivity contribution in [2.24, 2.45) is 0 Å². The molecule has 3 heterocycles. The van der Waals surface area contributed by atoms with Crippen molar-refractivity contribution in [3.05, 3.63) is 90.6 Å². The highest BCUT2D eigenvalue weighted by Gasteiger charge is 2.36. The van der Waals surface area contributed by atoms with E-state index in [1.807, 2.05) is 42.5 Å². The largest absolute Gasteiger partial charge is 0.457 e. The van der Waals surface area contributed by atoms with Gasteiger partial charge in [-0.05, 0) is 48.5 Å². The van der Waals surface area contributed by atoms with Gasteiger partial charge in [-0.25, -0.2) is 0 Å². The van der Waals surface area contributed by atoms with Crippen LogP contribution in [0.4, 0.5) is 0 Å². The standard InChI is InChI=1S/C23H18N4O3/c28-23(16-8-10-20(11-9-16)29-19-6-2-1-3-7-19)27-14-18(15-27)22-25-21(26-30-22)17-5-4-12-24-13-17/h1-13,18H,14-15H2. The van der Waals surface area contributed by atoms with Crippen LogP contribution in [0.15, 0.2) is 83.6 Å². The average molecular weight is 398 g/mol. The summed E-state index contributed by atoms with van der Waals surface area (Å²) in [6.07, 6.45) is 3.39. The highest BCUT2D eigenvalue weighted by Crippen LogP contribution is 2.29. The normalized spacial score (nSPS) is 13.7. The van der Waals surface area contributed by atoms with Crippen molar-refractivity contribution in [1.29, 1.82) is 0 Å². The molecule has 1 amide bonds. The first-order valence-corrected chi connectivity index (χ1v) is 9.62. The molecule has 4 aromatic rings. The second-order valence-electron chi connectivity index (χ2n) is 7.04. The SMILES string of the molecule is O=C(c1ccc(Oc2ccccc2)cc1)N1CC(c2nc(-c3cccnc3)no2)C1. The number of nitrogens with zero attached hydrogens (tertiary/aromatic N) is 4. The Kier molecular flexibility index (Phi) is 4.69. The maximum Gasteiger partial charge on any atom is 0.253 e. The summed E-state index contributed by atoms with van der Waals surface area (Å²) in [5.41, 5.74) is 1.42. The third kappa shape index (κ3) is 3.65. The zero-order chi connectivity index (χ0) is 20.3. The number of benzene rings is 2. The van der Waals surface area contributed by atoms with Gasteiger partial charge in [0.05, 0.1) is 5.92 Å². The molecule has 30 heavy (non-hydrogen) atoms. The summed E-state index contributed by atoms with van der Waals surface area (Å²) in [5, 5.41) is 4.02. The van der Waals surface area contributed by atoms with E-state index in [0.29, 0.717) is 36.1 Å². The predicted octanol–water partition coefficient (Wildman–Crippen LogP) is 4.16. The quantitative estimate of drug-likeness (QED) is 0.502. The van der Waals surface area contributed by atoms with Gasteiger partial charge < -0.3 is 14.2 Å². The molecule has 0 spiro atoms. The molecule has 7 heteroatoms. The highest BCUT2D eigenvalue weighted by atomic mass is 16.5. The lowest BCUT2D eigenvalue weighted by atomic mass is 9.98. The molecule has 0 saturated carbocycles. The Labute approximate surface area is 172 Å². The summed E-state index contributed by atoms with van der Waals surface area (Å²) in [7, 11) is 0. The number of carbonyl (C=O) groups is 1. The highest BCUT2D eigenvalue weighted by molar-refractivity contribution is 5.95. The topological polar surface area (TPSA) is 81.4 Å². The molecule has 1 saturated heterocycles. The average Bonchev–Trinajstić information content (AvgIpc) is 3.24. The number of hydrogen-bond donors (Lipinski definition) is 0. The number of pyridine rings is 1. The first-order chi connectivity index (χ1) is 14.8. The van der Waals surface area contributed by atoms with Crippen molar-refractivity contribution >= 4 is 5.91 Å². The van der Waals surface area contributed by atoms with Crippen LogP contribution in [0.25, 0.3) is 11.4 Å². The molecule has 148 valence electrons. The van der Waals surface area contributed by atoms with Gasteiger partial charge in [-0.3, -0.25) is 9.78 Å². The lowest BCUT2D eigenvalue weighted by Crippen LogP contribution is -2.48. The van der Waals surface area contributed by atoms with Gasteiger partial charge in [-0.1, -0.05) is 23.4 Å². The lowest BCUT2D eigenvalue weighted by molar-refractivity contribution is 0.0569. The van der Waals surface area contributed by atoms with E-state index in [2.05, 4.69) is 15.1 Å². The van der Waals surface area contributed by atoms with Gasteiger partial charge in [0.25, 0.3) is 5.91 Å². The Hall–Kier alpha value is -4.00. The van der Waals surface area contributed by atoms with Gasteiger partial charge >= 0.3 is 0 Å². The number of aromatic nitrogens is 3. The van der Waals surface area contributed by atoms with Crippen molar-refractivity contribution in [3.63, 3.8) is 0 Å². The molecule has 0 unspecified atom stereocenters. The Morgan fingerprint density at radius 3 is 2.47 bits per heavy atom. The van der Waals surface area contributed by atoms with E-state index in [1.54, 1.807) is 41.6 Å². The summed E-state index contributed by atoms with van der Waals surface area (Å²) in [4.78, 5) is 23.0. The number of rotatable bonds is 5.